The van der Waals surface area contributed by atoms with Crippen LogP contribution < -0.4 is 10.6 Å². The Morgan fingerprint density at radius 2 is 1.81 bits per heavy atom. The summed E-state index contributed by atoms with van der Waals surface area (Å²) >= 11 is 2.64. The van der Waals surface area contributed by atoms with Gasteiger partial charge in [0.1, 0.15) is 23.3 Å². The first-order valence-electron chi connectivity index (χ1n) is 15.3. The molecule has 0 saturated carbocycles. The van der Waals surface area contributed by atoms with Crippen LogP contribution in [0.3, 0.4) is 0 Å². The SMILES string of the molecule is C=CC1=CN2C(=O)C(NC(=O)C(=NOCCCC(=O)OC(C)(C)C)c3csc(NC=O)n3)(C(c3ccccc3)c3ccccc3)[C@@H]2SC1. The summed E-state index contributed by atoms with van der Waals surface area (Å²) in [6, 6.07) is 19.2. The first kappa shape index (κ1) is 34.6. The number of carbonyl (C=O) groups excluding carboxylic acids is 4. The molecule has 2 aromatic carbocycles. The average molecular weight is 688 g/mol. The van der Waals surface area contributed by atoms with Gasteiger partial charge in [-0.1, -0.05) is 78.5 Å². The second-order valence-electron chi connectivity index (χ2n) is 12.1. The fraction of sp³-hybridized carbons (Fsp3) is 0.314. The van der Waals surface area contributed by atoms with Gasteiger partial charge in [0.15, 0.2) is 16.4 Å². The number of anilines is 1. The molecule has 0 bridgehead atoms. The predicted octanol–water partition coefficient (Wildman–Crippen LogP) is 5.23. The zero-order valence-electron chi connectivity index (χ0n) is 26.9. The molecule has 1 saturated heterocycles. The highest BCUT2D eigenvalue weighted by atomic mass is 32.2. The van der Waals surface area contributed by atoms with Crippen molar-refractivity contribution in [3.05, 3.63) is 107 Å². The van der Waals surface area contributed by atoms with Gasteiger partial charge in [0.05, 0.1) is 0 Å². The number of thiazole rings is 1. The summed E-state index contributed by atoms with van der Waals surface area (Å²) in [6.45, 7) is 9.25. The average Bonchev–Trinajstić information content (AvgIpc) is 3.53. The number of hydrogen-bond donors (Lipinski definition) is 2. The standard InChI is InChI=1S/C35H37N5O6S2/c1-5-23-19-40-31(44)35(32(40)47-20-23,28(24-13-8-6-9-14-24)25-15-10-7-11-16-25)38-30(43)29(26-21-48-33(37-26)36-22-41)39-45-18-12-17-27(42)46-34(2,3)4/h5-11,13-16,19,21-22,28,32H,1,12,17-18,20H2,2-4H3,(H,38,43)(H,36,37,41)/t32-,35?/m0/s1. The van der Waals surface area contributed by atoms with Crippen molar-refractivity contribution in [3.8, 4) is 0 Å². The minimum absolute atomic E-state index is 0.0156. The minimum atomic E-state index is -1.43. The topological polar surface area (TPSA) is 139 Å². The van der Waals surface area contributed by atoms with E-state index in [1.54, 1.807) is 43.3 Å². The molecule has 1 unspecified atom stereocenters. The molecule has 48 heavy (non-hydrogen) atoms. The van der Waals surface area contributed by atoms with Gasteiger partial charge in [0.2, 0.25) is 6.41 Å². The van der Waals surface area contributed by atoms with Crippen LogP contribution in [0.1, 0.15) is 56.4 Å². The van der Waals surface area contributed by atoms with Crippen LogP contribution in [0.4, 0.5) is 5.13 Å². The van der Waals surface area contributed by atoms with Gasteiger partial charge in [-0.05, 0) is 43.9 Å². The van der Waals surface area contributed by atoms with Gasteiger partial charge in [0.25, 0.3) is 11.8 Å². The molecule has 250 valence electrons. The molecule has 1 fully saturated rings. The zero-order chi connectivity index (χ0) is 34.3. The van der Waals surface area contributed by atoms with Gasteiger partial charge in [-0.2, -0.15) is 0 Å². The molecule has 3 amide bonds. The fourth-order valence-electron chi connectivity index (χ4n) is 5.62. The maximum atomic E-state index is 14.5. The molecule has 13 heteroatoms. The van der Waals surface area contributed by atoms with Gasteiger partial charge in [0, 0.05) is 29.7 Å². The summed E-state index contributed by atoms with van der Waals surface area (Å²) in [5.41, 5.74) is 0.523. The molecule has 0 spiro atoms. The lowest BCUT2D eigenvalue weighted by atomic mass is 9.69. The summed E-state index contributed by atoms with van der Waals surface area (Å²) in [7, 11) is 0. The summed E-state index contributed by atoms with van der Waals surface area (Å²) in [4.78, 5) is 63.7. The number of rotatable bonds is 14. The molecule has 2 aliphatic heterocycles. The summed E-state index contributed by atoms with van der Waals surface area (Å²) in [6.07, 6.45) is 4.38. The van der Waals surface area contributed by atoms with Crippen molar-refractivity contribution in [1.82, 2.24) is 15.2 Å². The Morgan fingerprint density at radius 3 is 2.42 bits per heavy atom. The third kappa shape index (κ3) is 7.52. The van der Waals surface area contributed by atoms with E-state index in [0.717, 1.165) is 28.0 Å². The molecule has 2 N–H and O–H groups in total. The van der Waals surface area contributed by atoms with Crippen LogP contribution in [0, 0.1) is 0 Å². The molecule has 0 radical (unpaired) electrons. The molecule has 2 aliphatic rings. The first-order valence-corrected chi connectivity index (χ1v) is 17.3. The van der Waals surface area contributed by atoms with Gasteiger partial charge < -0.3 is 25.1 Å². The van der Waals surface area contributed by atoms with E-state index >= 15 is 0 Å². The quantitative estimate of drug-likeness (QED) is 0.0587. The number of carbonyl (C=O) groups is 4. The largest absolute Gasteiger partial charge is 0.460 e. The molecule has 5 rings (SSSR count). The van der Waals surface area contributed by atoms with Gasteiger partial charge >= 0.3 is 5.97 Å². The van der Waals surface area contributed by atoms with Crippen LogP contribution in [0.5, 0.6) is 0 Å². The molecule has 0 aliphatic carbocycles. The highest BCUT2D eigenvalue weighted by molar-refractivity contribution is 8.00. The van der Waals surface area contributed by atoms with Crippen LogP contribution in [0.25, 0.3) is 0 Å². The van der Waals surface area contributed by atoms with E-state index in [2.05, 4.69) is 27.4 Å². The maximum absolute atomic E-state index is 14.5. The lowest BCUT2D eigenvalue weighted by Gasteiger charge is -2.59. The number of hydrogen-bond acceptors (Lipinski definition) is 10. The van der Waals surface area contributed by atoms with Crippen molar-refractivity contribution in [2.75, 3.05) is 17.7 Å². The number of allylic oxidation sites excluding steroid dienone is 1. The van der Waals surface area contributed by atoms with Crippen molar-refractivity contribution in [2.24, 2.45) is 5.16 Å². The number of nitrogens with zero attached hydrogens (tertiary/aromatic N) is 3. The van der Waals surface area contributed by atoms with Crippen molar-refractivity contribution in [1.29, 1.82) is 0 Å². The smallest absolute Gasteiger partial charge is 0.306 e. The fourth-order valence-corrected chi connectivity index (χ4v) is 7.69. The Bertz CT molecular complexity index is 1680. The monoisotopic (exact) mass is 687 g/mol. The lowest BCUT2D eigenvalue weighted by Crippen LogP contribution is -2.81. The Hall–Kier alpha value is -4.75. The van der Waals surface area contributed by atoms with E-state index in [9.17, 15) is 19.2 Å². The first-order chi connectivity index (χ1) is 23.1. The van der Waals surface area contributed by atoms with Gasteiger partial charge in [-0.25, -0.2) is 4.98 Å². The number of β-lactam (4-membered cyclic amide) rings is 1. The third-order valence-electron chi connectivity index (χ3n) is 7.58. The molecule has 1 aromatic heterocycles. The number of aromatic nitrogens is 1. The summed E-state index contributed by atoms with van der Waals surface area (Å²) in [5, 5.41) is 11.1. The molecular weight excluding hydrogens is 651 g/mol. The molecule has 2 atom stereocenters. The molecule has 3 heterocycles. The van der Waals surface area contributed by atoms with E-state index in [1.165, 1.54) is 11.8 Å². The highest BCUT2D eigenvalue weighted by Gasteiger charge is 2.67. The third-order valence-corrected chi connectivity index (χ3v) is 9.77. The maximum Gasteiger partial charge on any atom is 0.306 e. The predicted molar refractivity (Wildman–Crippen MR) is 186 cm³/mol. The normalized spacial score (nSPS) is 19.0. The molecule has 11 nitrogen and oxygen atoms in total. The number of amides is 3. The summed E-state index contributed by atoms with van der Waals surface area (Å²) < 4.78 is 5.35. The highest BCUT2D eigenvalue weighted by Crippen LogP contribution is 2.52. The number of thioether (sulfide) groups is 1. The van der Waals surface area contributed by atoms with E-state index in [-0.39, 0.29) is 41.4 Å². The van der Waals surface area contributed by atoms with Crippen molar-refractivity contribution in [3.63, 3.8) is 0 Å². The van der Waals surface area contributed by atoms with Crippen LogP contribution in [-0.2, 0) is 28.8 Å². The van der Waals surface area contributed by atoms with Crippen molar-refractivity contribution >= 4 is 58.1 Å². The summed E-state index contributed by atoms with van der Waals surface area (Å²) in [5.74, 6) is -1.32. The second-order valence-corrected chi connectivity index (χ2v) is 14.1. The second kappa shape index (κ2) is 15.0. The number of esters is 1. The van der Waals surface area contributed by atoms with Gasteiger partial charge in [-0.15, -0.1) is 23.1 Å². The Morgan fingerprint density at radius 1 is 1.15 bits per heavy atom. The van der Waals surface area contributed by atoms with E-state index in [1.807, 2.05) is 60.7 Å². The number of ether oxygens (including phenoxy) is 1. The lowest BCUT2D eigenvalue weighted by molar-refractivity contribution is -0.155. The van der Waals surface area contributed by atoms with E-state index < -0.39 is 28.3 Å². The van der Waals surface area contributed by atoms with Gasteiger partial charge in [-0.3, -0.25) is 19.2 Å². The van der Waals surface area contributed by atoms with Crippen LogP contribution >= 0.6 is 23.1 Å². The van der Waals surface area contributed by atoms with Crippen molar-refractivity contribution in [2.45, 2.75) is 56.0 Å². The number of oxime groups is 1. The Balaban J connectivity index is 1.51. The number of benzene rings is 2. The van der Waals surface area contributed by atoms with Crippen molar-refractivity contribution < 1.29 is 28.8 Å². The van der Waals surface area contributed by atoms with Crippen LogP contribution in [0.2, 0.25) is 0 Å². The number of nitrogens with one attached hydrogen (secondary N) is 2. The Kier molecular flexibility index (Phi) is 10.8. The van der Waals surface area contributed by atoms with E-state index in [4.69, 9.17) is 9.57 Å². The number of fused-ring (bicyclic) bond motifs is 1. The molecular formula is C35H37N5O6S2. The Labute approximate surface area is 287 Å². The zero-order valence-corrected chi connectivity index (χ0v) is 28.5. The van der Waals surface area contributed by atoms with E-state index in [0.29, 0.717) is 18.6 Å². The van der Waals surface area contributed by atoms with Crippen LogP contribution in [0.15, 0.2) is 95.6 Å². The minimum Gasteiger partial charge on any atom is -0.460 e. The van der Waals surface area contributed by atoms with Crippen LogP contribution in [-0.4, -0.2) is 68.7 Å². The molecule has 3 aromatic rings.